The number of alkyl halides is 3. The van der Waals surface area contributed by atoms with E-state index in [2.05, 4.69) is 0 Å². The molecule has 0 unspecified atom stereocenters. The van der Waals surface area contributed by atoms with Gasteiger partial charge in [-0.15, -0.1) is 0 Å². The van der Waals surface area contributed by atoms with E-state index >= 15 is 0 Å². The van der Waals surface area contributed by atoms with Gasteiger partial charge in [-0.3, -0.25) is 4.79 Å². The van der Waals surface area contributed by atoms with Crippen molar-refractivity contribution >= 4 is 11.5 Å². The summed E-state index contributed by atoms with van der Waals surface area (Å²) in [5.41, 5.74) is 0.593. The Morgan fingerprint density at radius 3 is 2.53 bits per heavy atom. The lowest BCUT2D eigenvalue weighted by Gasteiger charge is -2.20. The monoisotopic (exact) mass is 243 g/mol. The third-order valence-corrected chi connectivity index (χ3v) is 2.90. The number of carbonyl (C=O) groups excluding carboxylic acids is 1. The Bertz CT molecular complexity index is 454. The second kappa shape index (κ2) is 4.05. The quantitative estimate of drug-likeness (QED) is 0.756. The van der Waals surface area contributed by atoms with Crippen LogP contribution >= 0.6 is 0 Å². The van der Waals surface area contributed by atoms with Crippen molar-refractivity contribution < 1.29 is 18.0 Å². The molecule has 0 N–H and O–H groups in total. The van der Waals surface area contributed by atoms with Gasteiger partial charge in [0.1, 0.15) is 0 Å². The summed E-state index contributed by atoms with van der Waals surface area (Å²) >= 11 is 0. The lowest BCUT2D eigenvalue weighted by molar-refractivity contribution is -0.137. The highest BCUT2D eigenvalue weighted by molar-refractivity contribution is 5.87. The summed E-state index contributed by atoms with van der Waals surface area (Å²) in [4.78, 5) is 12.9. The molecule has 2 nitrogen and oxygen atoms in total. The maximum atomic E-state index is 12.6. The van der Waals surface area contributed by atoms with Crippen LogP contribution < -0.4 is 4.90 Å². The van der Waals surface area contributed by atoms with E-state index in [0.29, 0.717) is 18.7 Å². The molecule has 1 aromatic rings. The topological polar surface area (TPSA) is 20.3 Å². The maximum absolute atomic E-state index is 12.6. The summed E-state index contributed by atoms with van der Waals surface area (Å²) in [7, 11) is 0. The first-order chi connectivity index (χ1) is 7.88. The Hall–Kier alpha value is -1.52. The van der Waals surface area contributed by atoms with Crippen LogP contribution in [0.3, 0.4) is 0 Å². The van der Waals surface area contributed by atoms with Crippen LogP contribution in [0.1, 0.15) is 17.5 Å². The molecular formula is C12H12F3NO. The molecule has 0 aliphatic carbocycles. The van der Waals surface area contributed by atoms with E-state index in [1.54, 1.807) is 11.8 Å². The Morgan fingerprint density at radius 2 is 2.00 bits per heavy atom. The molecule has 0 saturated carbocycles. The molecule has 1 heterocycles. The highest BCUT2D eigenvalue weighted by Gasteiger charge is 2.32. The Labute approximate surface area is 97.0 Å². The molecule has 17 heavy (non-hydrogen) atoms. The number of ketones is 1. The van der Waals surface area contributed by atoms with E-state index in [4.69, 9.17) is 0 Å². The van der Waals surface area contributed by atoms with Crippen molar-refractivity contribution in [3.8, 4) is 0 Å². The summed E-state index contributed by atoms with van der Waals surface area (Å²) in [6.07, 6.45) is -3.93. The number of halogens is 3. The number of anilines is 1. The van der Waals surface area contributed by atoms with E-state index in [1.807, 2.05) is 0 Å². The van der Waals surface area contributed by atoms with Gasteiger partial charge in [-0.2, -0.15) is 13.2 Å². The molecule has 1 aliphatic heterocycles. The molecule has 0 aromatic heterocycles. The van der Waals surface area contributed by atoms with Crippen LogP contribution in [-0.4, -0.2) is 18.9 Å². The highest BCUT2D eigenvalue weighted by Crippen LogP contribution is 2.33. The second-order valence-corrected chi connectivity index (χ2v) is 4.21. The summed E-state index contributed by atoms with van der Waals surface area (Å²) in [6.45, 7) is 2.46. The molecule has 2 rings (SSSR count). The minimum Gasteiger partial charge on any atom is -0.364 e. The maximum Gasteiger partial charge on any atom is 0.416 e. The van der Waals surface area contributed by atoms with Crippen LogP contribution in [0, 0.1) is 6.92 Å². The van der Waals surface area contributed by atoms with Gasteiger partial charge in [0, 0.05) is 18.7 Å². The number of benzene rings is 1. The van der Waals surface area contributed by atoms with Crippen LogP contribution in [0.25, 0.3) is 0 Å². The standard InChI is InChI=1S/C12H12F3NO/c1-8-2-3-9(12(13,14)15)6-11(8)16-5-4-10(17)7-16/h2-3,6H,4-5,7H2,1H3. The SMILES string of the molecule is Cc1ccc(C(F)(F)F)cc1N1CCC(=O)C1. The number of hydrogen-bond donors (Lipinski definition) is 0. The molecule has 1 aromatic carbocycles. The molecule has 1 aliphatic rings. The van der Waals surface area contributed by atoms with Gasteiger partial charge in [-0.05, 0) is 24.6 Å². The minimum absolute atomic E-state index is 0.0711. The number of hydrogen-bond acceptors (Lipinski definition) is 2. The van der Waals surface area contributed by atoms with Crippen LogP contribution in [0.4, 0.5) is 18.9 Å². The summed E-state index contributed by atoms with van der Waals surface area (Å²) < 4.78 is 37.7. The lowest BCUT2D eigenvalue weighted by atomic mass is 10.1. The fraction of sp³-hybridized carbons (Fsp3) is 0.417. The van der Waals surface area contributed by atoms with Crippen molar-refractivity contribution in [2.45, 2.75) is 19.5 Å². The fourth-order valence-electron chi connectivity index (χ4n) is 1.96. The van der Waals surface area contributed by atoms with Crippen molar-refractivity contribution in [1.82, 2.24) is 0 Å². The Morgan fingerprint density at radius 1 is 1.29 bits per heavy atom. The van der Waals surface area contributed by atoms with E-state index in [9.17, 15) is 18.0 Å². The van der Waals surface area contributed by atoms with Gasteiger partial charge in [0.25, 0.3) is 0 Å². The predicted octanol–water partition coefficient (Wildman–Crippen LogP) is 2.79. The van der Waals surface area contributed by atoms with Gasteiger partial charge in [0.05, 0.1) is 12.1 Å². The number of rotatable bonds is 1. The van der Waals surface area contributed by atoms with Gasteiger partial charge in [-0.1, -0.05) is 6.07 Å². The molecule has 92 valence electrons. The van der Waals surface area contributed by atoms with Crippen molar-refractivity contribution in [3.05, 3.63) is 29.3 Å². The van der Waals surface area contributed by atoms with Crippen molar-refractivity contribution in [2.75, 3.05) is 18.0 Å². The Balaban J connectivity index is 2.36. The van der Waals surface area contributed by atoms with Crippen LogP contribution in [0.2, 0.25) is 0 Å². The first-order valence-electron chi connectivity index (χ1n) is 5.32. The first kappa shape index (κ1) is 12.0. The molecule has 0 spiro atoms. The molecule has 5 heteroatoms. The molecule has 1 saturated heterocycles. The fourth-order valence-corrected chi connectivity index (χ4v) is 1.96. The van der Waals surface area contributed by atoms with E-state index in [-0.39, 0.29) is 12.3 Å². The number of nitrogens with zero attached hydrogens (tertiary/aromatic N) is 1. The molecule has 0 radical (unpaired) electrons. The average molecular weight is 243 g/mol. The van der Waals surface area contributed by atoms with Gasteiger partial charge >= 0.3 is 6.18 Å². The van der Waals surface area contributed by atoms with Crippen LogP contribution in [-0.2, 0) is 11.0 Å². The van der Waals surface area contributed by atoms with Gasteiger partial charge in [-0.25, -0.2) is 0 Å². The smallest absolute Gasteiger partial charge is 0.364 e. The second-order valence-electron chi connectivity index (χ2n) is 4.21. The van der Waals surface area contributed by atoms with Gasteiger partial charge in [0.15, 0.2) is 5.78 Å². The van der Waals surface area contributed by atoms with Crippen molar-refractivity contribution in [2.24, 2.45) is 0 Å². The largest absolute Gasteiger partial charge is 0.416 e. The predicted molar refractivity (Wildman–Crippen MR) is 58.0 cm³/mol. The number of aryl methyl sites for hydroxylation is 1. The number of carbonyl (C=O) groups is 1. The number of Topliss-reactive ketones (excluding diaryl/α,β-unsaturated/α-hetero) is 1. The van der Waals surface area contributed by atoms with E-state index < -0.39 is 11.7 Å². The average Bonchev–Trinajstić information content (AvgIpc) is 2.63. The Kier molecular flexibility index (Phi) is 2.85. The lowest BCUT2D eigenvalue weighted by Crippen LogP contribution is -2.21. The normalized spacial score (nSPS) is 16.7. The van der Waals surface area contributed by atoms with Gasteiger partial charge in [0.2, 0.25) is 0 Å². The third kappa shape index (κ3) is 2.43. The zero-order chi connectivity index (χ0) is 12.6. The van der Waals surface area contributed by atoms with E-state index in [0.717, 1.165) is 17.7 Å². The first-order valence-corrected chi connectivity index (χ1v) is 5.32. The van der Waals surface area contributed by atoms with Crippen LogP contribution in [0.5, 0.6) is 0 Å². The van der Waals surface area contributed by atoms with E-state index in [1.165, 1.54) is 6.07 Å². The molecular weight excluding hydrogens is 231 g/mol. The summed E-state index contributed by atoms with van der Waals surface area (Å²) in [5.74, 6) is 0.0711. The summed E-state index contributed by atoms with van der Waals surface area (Å²) in [6, 6.07) is 3.63. The van der Waals surface area contributed by atoms with Gasteiger partial charge < -0.3 is 4.90 Å². The van der Waals surface area contributed by atoms with Crippen molar-refractivity contribution in [1.29, 1.82) is 0 Å². The third-order valence-electron chi connectivity index (χ3n) is 2.90. The molecule has 0 bridgehead atoms. The van der Waals surface area contributed by atoms with Crippen molar-refractivity contribution in [3.63, 3.8) is 0 Å². The molecule has 0 atom stereocenters. The zero-order valence-corrected chi connectivity index (χ0v) is 9.34. The minimum atomic E-state index is -4.34. The zero-order valence-electron chi connectivity index (χ0n) is 9.34. The molecule has 0 amide bonds. The van der Waals surface area contributed by atoms with Crippen LogP contribution in [0.15, 0.2) is 18.2 Å². The highest BCUT2D eigenvalue weighted by atomic mass is 19.4. The molecule has 1 fully saturated rings. The summed E-state index contributed by atoms with van der Waals surface area (Å²) in [5, 5.41) is 0.